The fourth-order valence-corrected chi connectivity index (χ4v) is 5.06. The number of nitrogens with one attached hydrogen (secondary N) is 1. The molecule has 162 valence electrons. The highest BCUT2D eigenvalue weighted by molar-refractivity contribution is 6.23. The van der Waals surface area contributed by atoms with Crippen LogP contribution in [0.3, 0.4) is 0 Å². The molecule has 4 rings (SSSR count). The molecule has 2 aliphatic heterocycles. The van der Waals surface area contributed by atoms with Gasteiger partial charge in [-0.15, -0.1) is 11.6 Å². The van der Waals surface area contributed by atoms with E-state index >= 15 is 0 Å². The maximum Gasteiger partial charge on any atom is 0.327 e. The van der Waals surface area contributed by atoms with Crippen LogP contribution in [0.25, 0.3) is 0 Å². The van der Waals surface area contributed by atoms with E-state index in [1.165, 1.54) is 28.0 Å². The highest BCUT2D eigenvalue weighted by atomic mass is 35.5. The number of hydrogen-bond acceptors (Lipinski definition) is 4. The molecule has 30 heavy (non-hydrogen) atoms. The van der Waals surface area contributed by atoms with E-state index in [1.54, 1.807) is 6.07 Å². The van der Waals surface area contributed by atoms with Crippen molar-refractivity contribution < 1.29 is 23.5 Å². The number of urea groups is 1. The first kappa shape index (κ1) is 21.1. The summed E-state index contributed by atoms with van der Waals surface area (Å²) in [5, 5.41) is 2.24. The summed E-state index contributed by atoms with van der Waals surface area (Å²) in [6, 6.07) is 4.66. The number of ether oxygens (including phenoxy) is 1. The van der Waals surface area contributed by atoms with Gasteiger partial charge in [-0.05, 0) is 50.3 Å². The molecule has 1 aromatic carbocycles. The fraction of sp³-hybridized carbons (Fsp3) is 0.571. The summed E-state index contributed by atoms with van der Waals surface area (Å²) in [6.45, 7) is 0.562. The van der Waals surface area contributed by atoms with Gasteiger partial charge in [0, 0.05) is 23.7 Å². The monoisotopic (exact) mass is 437 g/mol. The number of carbonyl (C=O) groups is 3. The standard InChI is InChI=1S/C21H25ClFN3O4/c22-16-7-2-8-17-19(16)20(28)26(11-15-6-3-9-30-15)21(29)25(17)12-18(27)24-14-5-1-4-13(23)10-14/h1,4-5,10,15-17,19H,2-3,6-9,11-12H2,(H,24,27). The van der Waals surface area contributed by atoms with Crippen molar-refractivity contribution in [2.75, 3.05) is 25.0 Å². The molecule has 1 saturated carbocycles. The van der Waals surface area contributed by atoms with Gasteiger partial charge in [0.15, 0.2) is 0 Å². The Kier molecular flexibility index (Phi) is 6.24. The maximum absolute atomic E-state index is 13.4. The van der Waals surface area contributed by atoms with Crippen LogP contribution in [0.1, 0.15) is 32.1 Å². The zero-order valence-corrected chi connectivity index (χ0v) is 17.3. The summed E-state index contributed by atoms with van der Waals surface area (Å²) in [7, 11) is 0. The summed E-state index contributed by atoms with van der Waals surface area (Å²) < 4.78 is 19.0. The van der Waals surface area contributed by atoms with Gasteiger partial charge in [-0.25, -0.2) is 9.18 Å². The second-order valence-corrected chi connectivity index (χ2v) is 8.65. The highest BCUT2D eigenvalue weighted by Gasteiger charge is 2.51. The van der Waals surface area contributed by atoms with Crippen molar-refractivity contribution in [1.29, 1.82) is 0 Å². The minimum Gasteiger partial charge on any atom is -0.376 e. The molecule has 0 spiro atoms. The Balaban J connectivity index is 1.53. The van der Waals surface area contributed by atoms with Crippen LogP contribution in [-0.4, -0.2) is 64.9 Å². The van der Waals surface area contributed by atoms with Crippen molar-refractivity contribution in [2.24, 2.45) is 5.92 Å². The number of hydrogen-bond donors (Lipinski definition) is 1. The van der Waals surface area contributed by atoms with Crippen LogP contribution < -0.4 is 5.32 Å². The number of fused-ring (bicyclic) bond motifs is 1. The molecule has 4 amide bonds. The van der Waals surface area contributed by atoms with Crippen LogP contribution in [0, 0.1) is 11.7 Å². The largest absolute Gasteiger partial charge is 0.376 e. The first-order valence-corrected chi connectivity index (χ1v) is 10.8. The Morgan fingerprint density at radius 3 is 2.80 bits per heavy atom. The number of rotatable bonds is 5. The SMILES string of the molecule is O=C(CN1C(=O)N(CC2CCCO2)C(=O)C2C(Cl)CCCC21)Nc1cccc(F)c1. The molecule has 2 saturated heterocycles. The van der Waals surface area contributed by atoms with Crippen LogP contribution in [0.15, 0.2) is 24.3 Å². The van der Waals surface area contributed by atoms with Crippen LogP contribution in [0.2, 0.25) is 0 Å². The van der Waals surface area contributed by atoms with Gasteiger partial charge in [-0.1, -0.05) is 6.07 Å². The molecule has 0 radical (unpaired) electrons. The van der Waals surface area contributed by atoms with Gasteiger partial charge >= 0.3 is 6.03 Å². The Labute approximate surface area is 179 Å². The topological polar surface area (TPSA) is 79.0 Å². The van der Waals surface area contributed by atoms with Crippen molar-refractivity contribution in [3.8, 4) is 0 Å². The number of carbonyl (C=O) groups excluding carboxylic acids is 3. The molecular weight excluding hydrogens is 413 g/mol. The lowest BCUT2D eigenvalue weighted by atomic mass is 9.80. The fourth-order valence-electron chi connectivity index (χ4n) is 4.63. The van der Waals surface area contributed by atoms with Gasteiger partial charge in [-0.3, -0.25) is 14.5 Å². The Bertz CT molecular complexity index is 832. The normalized spacial score (nSPS) is 29.1. The summed E-state index contributed by atoms with van der Waals surface area (Å²) in [6.07, 6.45) is 3.59. The summed E-state index contributed by atoms with van der Waals surface area (Å²) in [5.41, 5.74) is 0.312. The van der Waals surface area contributed by atoms with Crippen LogP contribution in [-0.2, 0) is 14.3 Å². The number of anilines is 1. The minimum absolute atomic E-state index is 0.173. The van der Waals surface area contributed by atoms with Gasteiger partial charge in [0.05, 0.1) is 18.6 Å². The summed E-state index contributed by atoms with van der Waals surface area (Å²) in [4.78, 5) is 41.6. The molecule has 3 aliphatic rings. The lowest BCUT2D eigenvalue weighted by molar-refractivity contribution is -0.142. The third-order valence-electron chi connectivity index (χ3n) is 6.04. The second kappa shape index (κ2) is 8.89. The van der Waals surface area contributed by atoms with Crippen LogP contribution >= 0.6 is 11.6 Å². The first-order chi connectivity index (χ1) is 14.4. The van der Waals surface area contributed by atoms with Crippen molar-refractivity contribution >= 4 is 35.1 Å². The van der Waals surface area contributed by atoms with Crippen LogP contribution in [0.4, 0.5) is 14.9 Å². The second-order valence-electron chi connectivity index (χ2n) is 8.09. The van der Waals surface area contributed by atoms with E-state index in [-0.39, 0.29) is 30.5 Å². The molecular formula is C21H25ClFN3O4. The molecule has 7 nitrogen and oxygen atoms in total. The lowest BCUT2D eigenvalue weighted by Crippen LogP contribution is -2.66. The van der Waals surface area contributed by atoms with E-state index in [2.05, 4.69) is 5.32 Å². The number of benzene rings is 1. The third-order valence-corrected chi connectivity index (χ3v) is 6.53. The zero-order chi connectivity index (χ0) is 21.3. The van der Waals surface area contributed by atoms with Crippen molar-refractivity contribution in [1.82, 2.24) is 9.80 Å². The average molecular weight is 438 g/mol. The molecule has 4 atom stereocenters. The molecule has 0 bridgehead atoms. The van der Waals surface area contributed by atoms with Crippen molar-refractivity contribution in [3.05, 3.63) is 30.1 Å². The molecule has 3 fully saturated rings. The zero-order valence-electron chi connectivity index (χ0n) is 16.6. The van der Waals surface area contributed by atoms with E-state index in [0.29, 0.717) is 25.1 Å². The number of imide groups is 1. The molecule has 1 aliphatic carbocycles. The number of nitrogens with zero attached hydrogens (tertiary/aromatic N) is 2. The maximum atomic E-state index is 13.4. The number of alkyl halides is 1. The molecule has 2 heterocycles. The molecule has 9 heteroatoms. The number of amides is 4. The van der Waals surface area contributed by atoms with Gasteiger partial charge in [0.1, 0.15) is 12.4 Å². The Hall–Kier alpha value is -2.19. The van der Waals surface area contributed by atoms with Gasteiger partial charge in [0.2, 0.25) is 11.8 Å². The average Bonchev–Trinajstić information content (AvgIpc) is 3.21. The molecule has 1 aromatic rings. The van der Waals surface area contributed by atoms with Crippen molar-refractivity contribution in [3.63, 3.8) is 0 Å². The van der Waals surface area contributed by atoms with E-state index in [1.807, 2.05) is 0 Å². The Morgan fingerprint density at radius 2 is 2.07 bits per heavy atom. The third kappa shape index (κ3) is 4.30. The predicted octanol–water partition coefficient (Wildman–Crippen LogP) is 2.98. The lowest BCUT2D eigenvalue weighted by Gasteiger charge is -2.48. The summed E-state index contributed by atoms with van der Waals surface area (Å²) >= 11 is 6.50. The van der Waals surface area contributed by atoms with E-state index in [0.717, 1.165) is 19.3 Å². The molecule has 1 N–H and O–H groups in total. The van der Waals surface area contributed by atoms with Crippen molar-refractivity contribution in [2.45, 2.75) is 49.6 Å². The van der Waals surface area contributed by atoms with Gasteiger partial charge in [-0.2, -0.15) is 0 Å². The van der Waals surface area contributed by atoms with Crippen LogP contribution in [0.5, 0.6) is 0 Å². The van der Waals surface area contributed by atoms with E-state index in [9.17, 15) is 18.8 Å². The summed E-state index contributed by atoms with van der Waals surface area (Å²) in [5.74, 6) is -1.73. The molecule has 4 unspecified atom stereocenters. The first-order valence-electron chi connectivity index (χ1n) is 10.4. The molecule has 0 aromatic heterocycles. The predicted molar refractivity (Wildman–Crippen MR) is 109 cm³/mol. The minimum atomic E-state index is -0.540. The van der Waals surface area contributed by atoms with Gasteiger partial charge in [0.25, 0.3) is 0 Å². The van der Waals surface area contributed by atoms with E-state index < -0.39 is 29.7 Å². The van der Waals surface area contributed by atoms with E-state index in [4.69, 9.17) is 16.3 Å². The van der Waals surface area contributed by atoms with Gasteiger partial charge < -0.3 is 15.0 Å². The number of halogens is 2. The highest BCUT2D eigenvalue weighted by Crippen LogP contribution is 2.37. The smallest absolute Gasteiger partial charge is 0.327 e. The Morgan fingerprint density at radius 1 is 1.23 bits per heavy atom. The quantitative estimate of drug-likeness (QED) is 0.718.